The lowest BCUT2D eigenvalue weighted by Crippen LogP contribution is -2.37. The number of amides is 1. The number of nitrogens with one attached hydrogen (secondary N) is 1. The monoisotopic (exact) mass is 264 g/mol. The summed E-state index contributed by atoms with van der Waals surface area (Å²) in [5, 5.41) is 2.79. The number of benzene rings is 1. The van der Waals surface area contributed by atoms with Gasteiger partial charge in [-0.3, -0.25) is 4.79 Å². The number of halogens is 1. The highest BCUT2D eigenvalue weighted by molar-refractivity contribution is 5.93. The molecule has 104 valence electrons. The van der Waals surface area contributed by atoms with E-state index in [4.69, 9.17) is 5.73 Å². The van der Waals surface area contributed by atoms with E-state index in [-0.39, 0.29) is 23.7 Å². The Morgan fingerprint density at radius 2 is 2.00 bits per heavy atom. The molecule has 1 saturated carbocycles. The standard InChI is InChI=1S/C15H21FN2O/c1-10-7-11(16)9-12(8-10)18-15(19)13-5-3-2-4-6-14(13)17/h7-9,13-14H,2-6,17H2,1H3,(H,18,19). The molecule has 1 aliphatic carbocycles. The summed E-state index contributed by atoms with van der Waals surface area (Å²) in [6, 6.07) is 4.46. The number of nitrogens with two attached hydrogens (primary N) is 1. The summed E-state index contributed by atoms with van der Waals surface area (Å²) in [6.07, 6.45) is 4.97. The van der Waals surface area contributed by atoms with E-state index in [1.807, 2.05) is 0 Å². The smallest absolute Gasteiger partial charge is 0.229 e. The van der Waals surface area contributed by atoms with Crippen LogP contribution in [-0.4, -0.2) is 11.9 Å². The molecule has 2 rings (SSSR count). The molecule has 1 aromatic carbocycles. The van der Waals surface area contributed by atoms with Gasteiger partial charge in [0.1, 0.15) is 5.82 Å². The maximum atomic E-state index is 13.3. The van der Waals surface area contributed by atoms with Crippen molar-refractivity contribution in [3.63, 3.8) is 0 Å². The van der Waals surface area contributed by atoms with Crippen molar-refractivity contribution in [1.29, 1.82) is 0 Å². The van der Waals surface area contributed by atoms with Gasteiger partial charge in [-0.15, -0.1) is 0 Å². The van der Waals surface area contributed by atoms with Crippen LogP contribution >= 0.6 is 0 Å². The molecule has 2 unspecified atom stereocenters. The molecule has 3 N–H and O–H groups in total. The van der Waals surface area contributed by atoms with Crippen molar-refractivity contribution in [1.82, 2.24) is 0 Å². The second-order valence-corrected chi connectivity index (χ2v) is 5.41. The Morgan fingerprint density at radius 1 is 1.26 bits per heavy atom. The van der Waals surface area contributed by atoms with Gasteiger partial charge in [-0.2, -0.15) is 0 Å². The van der Waals surface area contributed by atoms with Crippen LogP contribution in [0, 0.1) is 18.7 Å². The van der Waals surface area contributed by atoms with Crippen LogP contribution in [0.4, 0.5) is 10.1 Å². The molecule has 2 atom stereocenters. The van der Waals surface area contributed by atoms with Crippen LogP contribution in [0.1, 0.15) is 37.7 Å². The Kier molecular flexibility index (Phi) is 4.53. The number of carbonyl (C=O) groups is 1. The molecule has 1 fully saturated rings. The number of hydrogen-bond acceptors (Lipinski definition) is 2. The Balaban J connectivity index is 2.06. The first kappa shape index (κ1) is 14.0. The lowest BCUT2D eigenvalue weighted by Gasteiger charge is -2.20. The first-order chi connectivity index (χ1) is 9.06. The minimum atomic E-state index is -0.333. The zero-order valence-corrected chi connectivity index (χ0v) is 11.3. The molecule has 0 radical (unpaired) electrons. The third-order valence-electron chi connectivity index (χ3n) is 3.72. The summed E-state index contributed by atoms with van der Waals surface area (Å²) in [5.41, 5.74) is 7.36. The summed E-state index contributed by atoms with van der Waals surface area (Å²) in [5.74, 6) is -0.578. The summed E-state index contributed by atoms with van der Waals surface area (Å²) in [6.45, 7) is 1.80. The van der Waals surface area contributed by atoms with Crippen LogP contribution in [0.3, 0.4) is 0 Å². The second-order valence-electron chi connectivity index (χ2n) is 5.41. The zero-order chi connectivity index (χ0) is 13.8. The third-order valence-corrected chi connectivity index (χ3v) is 3.72. The van der Waals surface area contributed by atoms with Gasteiger partial charge in [0.15, 0.2) is 0 Å². The highest BCUT2D eigenvalue weighted by Gasteiger charge is 2.27. The van der Waals surface area contributed by atoms with Crippen molar-refractivity contribution >= 4 is 11.6 Å². The van der Waals surface area contributed by atoms with E-state index in [9.17, 15) is 9.18 Å². The molecule has 0 aliphatic heterocycles. The average molecular weight is 264 g/mol. The molecular weight excluding hydrogens is 243 g/mol. The number of aryl methyl sites for hydroxylation is 1. The SMILES string of the molecule is Cc1cc(F)cc(NC(=O)C2CCCCCC2N)c1. The molecule has 1 amide bonds. The van der Waals surface area contributed by atoms with E-state index in [1.165, 1.54) is 12.1 Å². The van der Waals surface area contributed by atoms with Gasteiger partial charge in [0.25, 0.3) is 0 Å². The van der Waals surface area contributed by atoms with E-state index in [0.29, 0.717) is 5.69 Å². The van der Waals surface area contributed by atoms with Crippen molar-refractivity contribution in [2.75, 3.05) is 5.32 Å². The van der Waals surface area contributed by atoms with Gasteiger partial charge in [0, 0.05) is 11.7 Å². The van der Waals surface area contributed by atoms with Gasteiger partial charge in [0.05, 0.1) is 5.92 Å². The predicted octanol–water partition coefficient (Wildman–Crippen LogP) is 2.98. The van der Waals surface area contributed by atoms with E-state index in [0.717, 1.165) is 37.7 Å². The number of hydrogen-bond donors (Lipinski definition) is 2. The maximum Gasteiger partial charge on any atom is 0.229 e. The molecule has 4 heteroatoms. The Bertz CT molecular complexity index is 441. The molecule has 1 aliphatic rings. The van der Waals surface area contributed by atoms with Crippen molar-refractivity contribution in [3.05, 3.63) is 29.6 Å². The Hall–Kier alpha value is -1.42. The third kappa shape index (κ3) is 3.77. The van der Waals surface area contributed by atoms with Crippen LogP contribution in [-0.2, 0) is 4.79 Å². The largest absolute Gasteiger partial charge is 0.327 e. The lowest BCUT2D eigenvalue weighted by molar-refractivity contribution is -0.120. The van der Waals surface area contributed by atoms with Crippen molar-refractivity contribution in [2.24, 2.45) is 11.7 Å². The average Bonchev–Trinajstić information content (AvgIpc) is 2.52. The minimum absolute atomic E-state index is 0.0839. The van der Waals surface area contributed by atoms with Crippen molar-refractivity contribution in [3.8, 4) is 0 Å². The molecule has 0 bridgehead atoms. The summed E-state index contributed by atoms with van der Waals surface area (Å²) < 4.78 is 13.3. The molecule has 0 heterocycles. The fraction of sp³-hybridized carbons (Fsp3) is 0.533. The molecular formula is C15H21FN2O. The number of anilines is 1. The van der Waals surface area contributed by atoms with Crippen LogP contribution in [0.25, 0.3) is 0 Å². The summed E-state index contributed by atoms with van der Waals surface area (Å²) >= 11 is 0. The molecule has 3 nitrogen and oxygen atoms in total. The molecule has 0 saturated heterocycles. The van der Waals surface area contributed by atoms with Gasteiger partial charge in [-0.1, -0.05) is 19.3 Å². The highest BCUT2D eigenvalue weighted by Crippen LogP contribution is 2.24. The van der Waals surface area contributed by atoms with Gasteiger partial charge in [0.2, 0.25) is 5.91 Å². The summed E-state index contributed by atoms with van der Waals surface area (Å²) in [4.78, 5) is 12.2. The van der Waals surface area contributed by atoms with E-state index >= 15 is 0 Å². The van der Waals surface area contributed by atoms with Gasteiger partial charge >= 0.3 is 0 Å². The van der Waals surface area contributed by atoms with Gasteiger partial charge in [-0.25, -0.2) is 4.39 Å². The minimum Gasteiger partial charge on any atom is -0.327 e. The molecule has 1 aromatic rings. The van der Waals surface area contributed by atoms with Crippen LogP contribution in [0.2, 0.25) is 0 Å². The van der Waals surface area contributed by atoms with Gasteiger partial charge in [-0.05, 0) is 43.5 Å². The quantitative estimate of drug-likeness (QED) is 0.807. The fourth-order valence-electron chi connectivity index (χ4n) is 2.71. The van der Waals surface area contributed by atoms with Crippen LogP contribution in [0.15, 0.2) is 18.2 Å². The Morgan fingerprint density at radius 3 is 2.74 bits per heavy atom. The lowest BCUT2D eigenvalue weighted by atomic mass is 9.94. The Labute approximate surface area is 113 Å². The van der Waals surface area contributed by atoms with Crippen molar-refractivity contribution < 1.29 is 9.18 Å². The fourth-order valence-corrected chi connectivity index (χ4v) is 2.71. The first-order valence-electron chi connectivity index (χ1n) is 6.90. The van der Waals surface area contributed by atoms with Crippen molar-refractivity contribution in [2.45, 2.75) is 45.1 Å². The first-order valence-corrected chi connectivity index (χ1v) is 6.90. The highest BCUT2D eigenvalue weighted by atomic mass is 19.1. The van der Waals surface area contributed by atoms with Crippen LogP contribution < -0.4 is 11.1 Å². The number of carbonyl (C=O) groups excluding carboxylic acids is 1. The topological polar surface area (TPSA) is 55.1 Å². The maximum absolute atomic E-state index is 13.3. The van der Waals surface area contributed by atoms with E-state index < -0.39 is 0 Å². The van der Waals surface area contributed by atoms with E-state index in [1.54, 1.807) is 13.0 Å². The molecule has 0 spiro atoms. The molecule has 19 heavy (non-hydrogen) atoms. The second kappa shape index (κ2) is 6.15. The van der Waals surface area contributed by atoms with E-state index in [2.05, 4.69) is 5.32 Å². The van der Waals surface area contributed by atoms with Crippen LogP contribution in [0.5, 0.6) is 0 Å². The van der Waals surface area contributed by atoms with Gasteiger partial charge < -0.3 is 11.1 Å². The molecule has 0 aromatic heterocycles. The normalized spacial score (nSPS) is 23.7. The summed E-state index contributed by atoms with van der Waals surface area (Å²) in [7, 11) is 0. The zero-order valence-electron chi connectivity index (χ0n) is 11.3. The predicted molar refractivity (Wildman–Crippen MR) is 74.3 cm³/mol. The number of rotatable bonds is 2.